The van der Waals surface area contributed by atoms with E-state index >= 15 is 0 Å². The van der Waals surface area contributed by atoms with Crippen molar-refractivity contribution in [2.45, 2.75) is 25.0 Å². The minimum atomic E-state index is -0.763. The van der Waals surface area contributed by atoms with Crippen LogP contribution in [-0.2, 0) is 12.8 Å². The Labute approximate surface area is 172 Å². The molecule has 0 amide bonds. The molecule has 0 spiro atoms. The largest absolute Gasteiger partial charge is 0.506 e. The Morgan fingerprint density at radius 2 is 1.97 bits per heavy atom. The molecule has 1 aliphatic carbocycles. The molecule has 0 bridgehead atoms. The van der Waals surface area contributed by atoms with E-state index in [0.29, 0.717) is 23.0 Å². The lowest BCUT2D eigenvalue weighted by atomic mass is 10.0. The summed E-state index contributed by atoms with van der Waals surface area (Å²) in [5.41, 5.74) is 4.40. The first-order valence-corrected chi connectivity index (χ1v) is 10.0. The third-order valence-corrected chi connectivity index (χ3v) is 5.81. The molecule has 0 saturated carbocycles. The van der Waals surface area contributed by atoms with Gasteiger partial charge in [0, 0.05) is 29.6 Å². The van der Waals surface area contributed by atoms with Crippen LogP contribution in [0.15, 0.2) is 70.1 Å². The minimum absolute atomic E-state index is 0.00906. The van der Waals surface area contributed by atoms with Crippen LogP contribution in [0, 0.1) is 0 Å². The summed E-state index contributed by atoms with van der Waals surface area (Å²) in [6.07, 6.45) is 2.71. The SMILES string of the molecule is O=c1ccc2c([C@@H](O)CN[C@H]3Cc4ccc(-c5ccco5)cc4C3)ccc(O)c2[nH]1. The number of aromatic amines is 1. The molecule has 2 heterocycles. The zero-order valence-corrected chi connectivity index (χ0v) is 16.3. The maximum Gasteiger partial charge on any atom is 0.248 e. The number of aliphatic hydroxyl groups is 1. The lowest BCUT2D eigenvalue weighted by molar-refractivity contribution is 0.171. The van der Waals surface area contributed by atoms with E-state index in [1.54, 1.807) is 18.4 Å². The summed E-state index contributed by atoms with van der Waals surface area (Å²) >= 11 is 0. The number of aromatic nitrogens is 1. The number of fused-ring (bicyclic) bond motifs is 2. The number of furan rings is 1. The highest BCUT2D eigenvalue weighted by molar-refractivity contribution is 5.87. The van der Waals surface area contributed by atoms with Crippen LogP contribution in [0.2, 0.25) is 0 Å². The first-order valence-electron chi connectivity index (χ1n) is 10.0. The predicted octanol–water partition coefficient (Wildman–Crippen LogP) is 3.28. The monoisotopic (exact) mass is 402 g/mol. The lowest BCUT2D eigenvalue weighted by Gasteiger charge is -2.18. The molecule has 5 rings (SSSR count). The molecule has 0 aliphatic heterocycles. The van der Waals surface area contributed by atoms with Gasteiger partial charge in [-0.1, -0.05) is 18.2 Å². The number of phenolic OH excluding ortho intramolecular Hbond substituents is 1. The topological polar surface area (TPSA) is 98.5 Å². The van der Waals surface area contributed by atoms with Gasteiger partial charge < -0.3 is 24.9 Å². The average Bonchev–Trinajstić information content (AvgIpc) is 3.41. The van der Waals surface area contributed by atoms with E-state index in [0.717, 1.165) is 24.2 Å². The number of pyridine rings is 1. The quantitative estimate of drug-likeness (QED) is 0.411. The number of nitrogens with one attached hydrogen (secondary N) is 2. The molecule has 0 saturated heterocycles. The Balaban J connectivity index is 1.29. The number of benzene rings is 2. The Kier molecular flexibility index (Phi) is 4.65. The summed E-state index contributed by atoms with van der Waals surface area (Å²) in [6, 6.07) is 16.7. The molecule has 30 heavy (non-hydrogen) atoms. The summed E-state index contributed by atoms with van der Waals surface area (Å²) in [4.78, 5) is 14.2. The predicted molar refractivity (Wildman–Crippen MR) is 115 cm³/mol. The molecule has 4 N–H and O–H groups in total. The molecule has 2 atom stereocenters. The van der Waals surface area contributed by atoms with Crippen molar-refractivity contribution in [3.63, 3.8) is 0 Å². The van der Waals surface area contributed by atoms with Crippen molar-refractivity contribution in [3.8, 4) is 17.1 Å². The Bertz CT molecular complexity index is 1260. The van der Waals surface area contributed by atoms with E-state index in [4.69, 9.17) is 4.42 Å². The van der Waals surface area contributed by atoms with Gasteiger partial charge in [-0.3, -0.25) is 4.79 Å². The van der Waals surface area contributed by atoms with Gasteiger partial charge in [-0.25, -0.2) is 0 Å². The van der Waals surface area contributed by atoms with Crippen LogP contribution >= 0.6 is 0 Å². The number of H-pyrrole nitrogens is 1. The third-order valence-electron chi connectivity index (χ3n) is 5.81. The van der Waals surface area contributed by atoms with Crippen LogP contribution in [-0.4, -0.2) is 27.8 Å². The van der Waals surface area contributed by atoms with Crippen molar-refractivity contribution in [1.82, 2.24) is 10.3 Å². The van der Waals surface area contributed by atoms with E-state index in [9.17, 15) is 15.0 Å². The van der Waals surface area contributed by atoms with Gasteiger partial charge in [0.1, 0.15) is 11.5 Å². The highest BCUT2D eigenvalue weighted by atomic mass is 16.3. The summed E-state index contributed by atoms with van der Waals surface area (Å²) in [5, 5.41) is 24.9. The molecular weight excluding hydrogens is 380 g/mol. The van der Waals surface area contributed by atoms with Crippen molar-refractivity contribution in [2.75, 3.05) is 6.54 Å². The lowest BCUT2D eigenvalue weighted by Crippen LogP contribution is -2.33. The van der Waals surface area contributed by atoms with Gasteiger partial charge in [0.25, 0.3) is 0 Å². The van der Waals surface area contributed by atoms with Gasteiger partial charge in [0.05, 0.1) is 17.9 Å². The standard InChI is InChI=1S/C24H22N2O4/c27-20-7-5-18(19-6-8-23(29)26-24(19)20)21(28)13-25-17-11-14-3-4-15(10-16(14)12-17)22-2-1-9-30-22/h1-10,17,21,25,27-28H,11-13H2,(H,26,29)/t17-,21-/m0/s1. The van der Waals surface area contributed by atoms with Gasteiger partial charge >= 0.3 is 0 Å². The average molecular weight is 402 g/mol. The van der Waals surface area contributed by atoms with Gasteiger partial charge in [0.15, 0.2) is 0 Å². The van der Waals surface area contributed by atoms with Crippen molar-refractivity contribution in [3.05, 3.63) is 87.9 Å². The first kappa shape index (κ1) is 18.7. The normalized spacial score (nSPS) is 16.6. The summed E-state index contributed by atoms with van der Waals surface area (Å²) < 4.78 is 5.50. The van der Waals surface area contributed by atoms with E-state index < -0.39 is 6.10 Å². The van der Waals surface area contributed by atoms with Crippen LogP contribution < -0.4 is 10.9 Å². The smallest absolute Gasteiger partial charge is 0.248 e. The molecule has 2 aromatic heterocycles. The second kappa shape index (κ2) is 7.48. The Morgan fingerprint density at radius 1 is 1.10 bits per heavy atom. The van der Waals surface area contributed by atoms with Crippen LogP contribution in [0.3, 0.4) is 0 Å². The zero-order valence-electron chi connectivity index (χ0n) is 16.3. The van der Waals surface area contributed by atoms with Crippen molar-refractivity contribution < 1.29 is 14.6 Å². The fraction of sp³-hybridized carbons (Fsp3) is 0.208. The van der Waals surface area contributed by atoms with Crippen molar-refractivity contribution in [2.24, 2.45) is 0 Å². The molecule has 0 radical (unpaired) electrons. The van der Waals surface area contributed by atoms with E-state index in [-0.39, 0.29) is 17.4 Å². The number of hydrogen-bond donors (Lipinski definition) is 4. The molecule has 4 aromatic rings. The Morgan fingerprint density at radius 3 is 2.80 bits per heavy atom. The van der Waals surface area contributed by atoms with Gasteiger partial charge in [0.2, 0.25) is 5.56 Å². The highest BCUT2D eigenvalue weighted by Gasteiger charge is 2.23. The van der Waals surface area contributed by atoms with Crippen LogP contribution in [0.1, 0.15) is 22.8 Å². The number of hydrogen-bond acceptors (Lipinski definition) is 5. The number of rotatable bonds is 5. The molecule has 1 aliphatic rings. The van der Waals surface area contributed by atoms with Crippen LogP contribution in [0.5, 0.6) is 5.75 Å². The summed E-state index contributed by atoms with van der Waals surface area (Å²) in [6.45, 7) is 0.378. The fourth-order valence-electron chi connectivity index (χ4n) is 4.30. The zero-order chi connectivity index (χ0) is 20.7. The summed E-state index contributed by atoms with van der Waals surface area (Å²) in [5.74, 6) is 0.854. The molecule has 0 unspecified atom stereocenters. The number of aliphatic hydroxyl groups excluding tert-OH is 1. The van der Waals surface area contributed by atoms with E-state index in [2.05, 4.69) is 28.5 Å². The molecule has 6 nitrogen and oxygen atoms in total. The highest BCUT2D eigenvalue weighted by Crippen LogP contribution is 2.30. The minimum Gasteiger partial charge on any atom is -0.506 e. The van der Waals surface area contributed by atoms with Gasteiger partial charge in [-0.05, 0) is 59.9 Å². The maximum atomic E-state index is 11.6. The van der Waals surface area contributed by atoms with Gasteiger partial charge in [-0.2, -0.15) is 0 Å². The maximum absolute atomic E-state index is 11.6. The van der Waals surface area contributed by atoms with Gasteiger partial charge in [-0.15, -0.1) is 0 Å². The molecule has 2 aromatic carbocycles. The molecular formula is C24H22N2O4. The van der Waals surface area contributed by atoms with E-state index in [1.165, 1.54) is 23.3 Å². The number of aromatic hydroxyl groups is 1. The van der Waals surface area contributed by atoms with Crippen LogP contribution in [0.4, 0.5) is 0 Å². The first-order chi connectivity index (χ1) is 14.6. The number of phenols is 1. The van der Waals surface area contributed by atoms with Crippen molar-refractivity contribution in [1.29, 1.82) is 0 Å². The second-order valence-corrected chi connectivity index (χ2v) is 7.78. The Hall–Kier alpha value is -3.35. The van der Waals surface area contributed by atoms with E-state index in [1.807, 2.05) is 12.1 Å². The fourth-order valence-corrected chi connectivity index (χ4v) is 4.30. The summed E-state index contributed by atoms with van der Waals surface area (Å²) in [7, 11) is 0. The molecule has 152 valence electrons. The van der Waals surface area contributed by atoms with Crippen molar-refractivity contribution >= 4 is 10.9 Å². The third kappa shape index (κ3) is 3.40. The van der Waals surface area contributed by atoms with Crippen LogP contribution in [0.25, 0.3) is 22.2 Å². The second-order valence-electron chi connectivity index (χ2n) is 7.78. The molecule has 6 heteroatoms. The molecule has 0 fully saturated rings.